The zero-order valence-electron chi connectivity index (χ0n) is 8.72. The van der Waals surface area contributed by atoms with Crippen LogP contribution in [0.4, 0.5) is 0 Å². The molecule has 6 nitrogen and oxygen atoms in total. The van der Waals surface area contributed by atoms with Gasteiger partial charge in [0.2, 0.25) is 16.0 Å². The van der Waals surface area contributed by atoms with Crippen LogP contribution in [0, 0.1) is 0 Å². The fourth-order valence-electron chi connectivity index (χ4n) is 1.75. The molecule has 0 aromatic heterocycles. The van der Waals surface area contributed by atoms with Crippen molar-refractivity contribution in [3.63, 3.8) is 0 Å². The summed E-state index contributed by atoms with van der Waals surface area (Å²) in [6.07, 6.45) is 1.22. The van der Waals surface area contributed by atoms with Crippen LogP contribution in [0.2, 0.25) is 0 Å². The first-order valence-corrected chi connectivity index (χ1v) is 6.79. The van der Waals surface area contributed by atoms with Gasteiger partial charge in [-0.05, 0) is 0 Å². The van der Waals surface area contributed by atoms with Gasteiger partial charge in [0.25, 0.3) is 0 Å². The molecule has 7 heteroatoms. The van der Waals surface area contributed by atoms with Crippen LogP contribution in [0.15, 0.2) is 4.99 Å². The van der Waals surface area contributed by atoms with Gasteiger partial charge in [0.15, 0.2) is 0 Å². The number of guanidine groups is 1. The van der Waals surface area contributed by atoms with Crippen molar-refractivity contribution in [3.8, 4) is 0 Å². The minimum atomic E-state index is -3.18. The van der Waals surface area contributed by atoms with Crippen molar-refractivity contribution in [2.24, 2.45) is 4.99 Å². The van der Waals surface area contributed by atoms with Crippen LogP contribution in [0.5, 0.6) is 0 Å². The molecule has 86 valence electrons. The topological polar surface area (TPSA) is 62.2 Å². The van der Waals surface area contributed by atoms with Crippen LogP contribution in [-0.4, -0.2) is 69.2 Å². The summed E-state index contributed by atoms with van der Waals surface area (Å²) in [5.41, 5.74) is 0. The van der Waals surface area contributed by atoms with E-state index < -0.39 is 10.0 Å². The fourth-order valence-corrected chi connectivity index (χ4v) is 2.64. The van der Waals surface area contributed by atoms with Crippen molar-refractivity contribution in [1.82, 2.24) is 9.21 Å². The Morgan fingerprint density at radius 2 is 1.93 bits per heavy atom. The molecule has 0 radical (unpaired) electrons. The molecule has 0 aromatic carbocycles. The maximum absolute atomic E-state index is 11.5. The van der Waals surface area contributed by atoms with E-state index in [1.165, 1.54) is 10.6 Å². The fraction of sp³-hybridized carbons (Fsp3) is 0.875. The van der Waals surface area contributed by atoms with E-state index in [9.17, 15) is 8.42 Å². The molecule has 0 amide bonds. The lowest BCUT2D eigenvalue weighted by Gasteiger charge is -2.32. The number of ether oxygens (including phenoxy) is 1. The van der Waals surface area contributed by atoms with Crippen molar-refractivity contribution in [2.75, 3.05) is 45.6 Å². The maximum atomic E-state index is 11.5. The van der Waals surface area contributed by atoms with Gasteiger partial charge in [0.1, 0.15) is 0 Å². The number of rotatable bonds is 1. The molecule has 0 bridgehead atoms. The molecule has 0 spiro atoms. The van der Waals surface area contributed by atoms with E-state index in [0.717, 1.165) is 0 Å². The molecular weight excluding hydrogens is 218 g/mol. The largest absolute Gasteiger partial charge is 0.378 e. The van der Waals surface area contributed by atoms with Crippen LogP contribution in [0.25, 0.3) is 0 Å². The standard InChI is InChI=1S/C8H15N3O3S/c1-15(12,13)11-3-2-9-8(11)10-4-6-14-7-5-10/h2-7H2,1H3. The Morgan fingerprint density at radius 3 is 2.53 bits per heavy atom. The maximum Gasteiger partial charge on any atom is 0.234 e. The molecule has 0 N–H and O–H groups in total. The number of sulfonamides is 1. The van der Waals surface area contributed by atoms with Gasteiger partial charge in [-0.3, -0.25) is 4.99 Å². The van der Waals surface area contributed by atoms with E-state index in [4.69, 9.17) is 4.74 Å². The molecule has 2 aliphatic heterocycles. The molecule has 1 fully saturated rings. The highest BCUT2D eigenvalue weighted by Gasteiger charge is 2.30. The van der Waals surface area contributed by atoms with E-state index >= 15 is 0 Å². The molecule has 0 aliphatic carbocycles. The molecule has 0 unspecified atom stereocenters. The number of hydrogen-bond donors (Lipinski definition) is 0. The molecule has 2 aliphatic rings. The number of hydrogen-bond acceptors (Lipinski definition) is 5. The molecule has 15 heavy (non-hydrogen) atoms. The average Bonchev–Trinajstić information content (AvgIpc) is 2.67. The van der Waals surface area contributed by atoms with Crippen molar-refractivity contribution in [3.05, 3.63) is 0 Å². The minimum absolute atomic E-state index is 0.464. The molecule has 0 aromatic rings. The van der Waals surface area contributed by atoms with E-state index in [1.54, 1.807) is 0 Å². The zero-order chi connectivity index (χ0) is 10.9. The van der Waals surface area contributed by atoms with Crippen LogP contribution in [0.3, 0.4) is 0 Å². The number of aliphatic imine (C=N–C) groups is 1. The summed E-state index contributed by atoms with van der Waals surface area (Å²) < 4.78 is 29.5. The van der Waals surface area contributed by atoms with E-state index in [0.29, 0.717) is 45.4 Å². The Balaban J connectivity index is 2.13. The SMILES string of the molecule is CS(=O)(=O)N1CCN=C1N1CCOCC1. The molecule has 0 atom stereocenters. The Bertz CT molecular complexity index is 359. The average molecular weight is 233 g/mol. The number of nitrogens with zero attached hydrogens (tertiary/aromatic N) is 3. The van der Waals surface area contributed by atoms with Gasteiger partial charge >= 0.3 is 0 Å². The predicted molar refractivity (Wildman–Crippen MR) is 56.2 cm³/mol. The zero-order valence-corrected chi connectivity index (χ0v) is 9.53. The van der Waals surface area contributed by atoms with Gasteiger partial charge < -0.3 is 9.64 Å². The smallest absolute Gasteiger partial charge is 0.234 e. The Morgan fingerprint density at radius 1 is 1.27 bits per heavy atom. The lowest BCUT2D eigenvalue weighted by atomic mass is 10.4. The highest BCUT2D eigenvalue weighted by atomic mass is 32.2. The third-order valence-corrected chi connectivity index (χ3v) is 3.62. The summed E-state index contributed by atoms with van der Waals surface area (Å²) in [6, 6.07) is 0. The normalized spacial score (nSPS) is 23.1. The van der Waals surface area contributed by atoms with Crippen molar-refractivity contribution < 1.29 is 13.2 Å². The van der Waals surface area contributed by atoms with Crippen molar-refractivity contribution in [2.45, 2.75) is 0 Å². The van der Waals surface area contributed by atoms with Gasteiger partial charge in [-0.2, -0.15) is 0 Å². The highest BCUT2D eigenvalue weighted by molar-refractivity contribution is 7.88. The summed E-state index contributed by atoms with van der Waals surface area (Å²) in [5, 5.41) is 0. The van der Waals surface area contributed by atoms with Crippen LogP contribution < -0.4 is 0 Å². The lowest BCUT2D eigenvalue weighted by molar-refractivity contribution is 0.0652. The van der Waals surface area contributed by atoms with Crippen LogP contribution in [0.1, 0.15) is 0 Å². The monoisotopic (exact) mass is 233 g/mol. The second-order valence-electron chi connectivity index (χ2n) is 3.62. The lowest BCUT2D eigenvalue weighted by Crippen LogP contribution is -2.48. The second-order valence-corrected chi connectivity index (χ2v) is 5.52. The van der Waals surface area contributed by atoms with Gasteiger partial charge in [-0.25, -0.2) is 12.7 Å². The van der Waals surface area contributed by atoms with Gasteiger partial charge in [-0.1, -0.05) is 0 Å². The van der Waals surface area contributed by atoms with E-state index in [1.807, 2.05) is 4.90 Å². The molecular formula is C8H15N3O3S. The van der Waals surface area contributed by atoms with Crippen LogP contribution in [-0.2, 0) is 14.8 Å². The Kier molecular flexibility index (Phi) is 2.83. The molecule has 2 rings (SSSR count). The molecule has 1 saturated heterocycles. The van der Waals surface area contributed by atoms with Crippen LogP contribution >= 0.6 is 0 Å². The second kappa shape index (κ2) is 3.97. The molecule has 0 saturated carbocycles. The van der Waals surface area contributed by atoms with E-state index in [-0.39, 0.29) is 0 Å². The third kappa shape index (κ3) is 2.23. The first-order valence-electron chi connectivity index (χ1n) is 4.94. The Hall–Kier alpha value is -0.820. The summed E-state index contributed by atoms with van der Waals surface area (Å²) in [7, 11) is -3.18. The molecule has 2 heterocycles. The summed E-state index contributed by atoms with van der Waals surface area (Å²) in [6.45, 7) is 3.72. The summed E-state index contributed by atoms with van der Waals surface area (Å²) >= 11 is 0. The van der Waals surface area contributed by atoms with Gasteiger partial charge in [0.05, 0.1) is 32.6 Å². The van der Waals surface area contributed by atoms with Gasteiger partial charge in [-0.15, -0.1) is 0 Å². The summed E-state index contributed by atoms with van der Waals surface area (Å²) in [5.74, 6) is 0.584. The Labute approximate surface area is 89.6 Å². The first kappa shape index (κ1) is 10.7. The quantitative estimate of drug-likeness (QED) is 0.580. The van der Waals surface area contributed by atoms with Crippen molar-refractivity contribution >= 4 is 16.0 Å². The minimum Gasteiger partial charge on any atom is -0.378 e. The van der Waals surface area contributed by atoms with Gasteiger partial charge in [0, 0.05) is 13.1 Å². The predicted octanol–water partition coefficient (Wildman–Crippen LogP) is -1.05. The number of morpholine rings is 1. The van der Waals surface area contributed by atoms with E-state index in [2.05, 4.69) is 4.99 Å². The third-order valence-electron chi connectivity index (χ3n) is 2.47. The first-order chi connectivity index (χ1) is 7.09. The van der Waals surface area contributed by atoms with Crippen molar-refractivity contribution in [1.29, 1.82) is 0 Å². The summed E-state index contributed by atoms with van der Waals surface area (Å²) in [4.78, 5) is 6.21. The highest BCUT2D eigenvalue weighted by Crippen LogP contribution is 2.12.